The maximum Gasteiger partial charge on any atom is 0.116 e. The Kier molecular flexibility index (Phi) is 10.6. The Morgan fingerprint density at radius 1 is 0.490 bits per heavy atom. The predicted molar refractivity (Wildman–Crippen MR) is 196 cm³/mol. The predicted octanol–water partition coefficient (Wildman–Crippen LogP) is 10.7. The zero-order chi connectivity index (χ0) is 32.7. The van der Waals surface area contributed by atoms with Gasteiger partial charge in [0.15, 0.2) is 0 Å². The second-order valence-electron chi connectivity index (χ2n) is 11.6. The fourth-order valence-electron chi connectivity index (χ4n) is 5.83. The molecule has 5 aromatic carbocycles. The van der Waals surface area contributed by atoms with Gasteiger partial charge in [-0.05, 0) is 65.2 Å². The Labute approximate surface area is 301 Å². The van der Waals surface area contributed by atoms with Crippen LogP contribution in [0.2, 0.25) is 0 Å². The van der Waals surface area contributed by atoms with Crippen LogP contribution in [0.1, 0.15) is 11.1 Å². The smallest absolute Gasteiger partial charge is 0.116 e. The maximum absolute atomic E-state index is 4.73. The van der Waals surface area contributed by atoms with Gasteiger partial charge in [0.1, 0.15) is 6.33 Å². The van der Waals surface area contributed by atoms with E-state index in [0.717, 1.165) is 50.1 Å². The topological polar surface area (TPSA) is 51.6 Å². The van der Waals surface area contributed by atoms with Crippen LogP contribution in [-0.4, -0.2) is 19.9 Å². The van der Waals surface area contributed by atoms with Crippen LogP contribution in [0.15, 0.2) is 158 Å². The van der Waals surface area contributed by atoms with Crippen molar-refractivity contribution in [2.45, 2.75) is 13.8 Å². The molecule has 0 aliphatic rings. The van der Waals surface area contributed by atoms with Crippen LogP contribution >= 0.6 is 0 Å². The number of rotatable bonds is 5. The molecule has 0 fully saturated rings. The van der Waals surface area contributed by atoms with Crippen LogP contribution in [0.25, 0.3) is 66.8 Å². The number of hydrogen-bond acceptors (Lipinski definition) is 4. The van der Waals surface area contributed by atoms with E-state index in [1.165, 1.54) is 27.8 Å². The summed E-state index contributed by atoms with van der Waals surface area (Å²) < 4.78 is 0. The van der Waals surface area contributed by atoms with Crippen molar-refractivity contribution < 1.29 is 20.1 Å². The zero-order valence-corrected chi connectivity index (χ0v) is 29.5. The fourth-order valence-corrected chi connectivity index (χ4v) is 5.83. The monoisotopic (exact) mass is 809 g/mol. The molecular weight excluding hydrogens is 777 g/mol. The first-order valence-corrected chi connectivity index (χ1v) is 15.9. The Morgan fingerprint density at radius 3 is 2.04 bits per heavy atom. The third-order valence-electron chi connectivity index (χ3n) is 8.18. The molecular formula is C44H32IrN4-2. The van der Waals surface area contributed by atoms with Crippen molar-refractivity contribution in [1.29, 1.82) is 0 Å². The molecule has 3 heterocycles. The largest absolute Gasteiger partial charge is 0.305 e. The maximum atomic E-state index is 4.73. The fraction of sp³-hybridized carbons (Fsp3) is 0.0455. The molecule has 0 aliphatic heterocycles. The average Bonchev–Trinajstić information content (AvgIpc) is 3.16. The minimum Gasteiger partial charge on any atom is -0.305 e. The zero-order valence-electron chi connectivity index (χ0n) is 27.1. The second-order valence-corrected chi connectivity index (χ2v) is 11.6. The third-order valence-corrected chi connectivity index (χ3v) is 8.18. The SMILES string of the molecule is Cc1ccc(-c2ccc(-c3cc[c-]c(-c4ccccn4)c3)c3ncncc23)c(-c2ccccc2)c1.Cc1ccnc(-c2[c-]cccc2)c1.[Ir]. The van der Waals surface area contributed by atoms with Crippen LogP contribution in [0, 0.1) is 26.0 Å². The molecule has 0 atom stereocenters. The van der Waals surface area contributed by atoms with E-state index in [1.807, 2.05) is 73.1 Å². The molecule has 0 saturated heterocycles. The van der Waals surface area contributed by atoms with Gasteiger partial charge < -0.3 is 9.97 Å². The molecule has 3 aromatic heterocycles. The van der Waals surface area contributed by atoms with Crippen molar-refractivity contribution in [3.8, 4) is 55.9 Å². The molecule has 0 bridgehead atoms. The standard InChI is InChI=1S/C32H22N3.C12H10N.Ir/c1-22-13-14-27(29(18-22)23-8-3-2-4-9-23)28-16-15-26(32-30(28)20-33-21-35-32)24-10-7-11-25(19-24)31-12-5-6-17-34-31;1-10-7-8-13-12(9-10)11-5-3-2-4-6-11;/h2-10,12-21H,1H3;2-5,7-9H,1H3;/q2*-1;. The van der Waals surface area contributed by atoms with Crippen LogP contribution < -0.4 is 0 Å². The van der Waals surface area contributed by atoms with Gasteiger partial charge in [-0.15, -0.1) is 65.7 Å². The van der Waals surface area contributed by atoms with Gasteiger partial charge in [0, 0.05) is 44.1 Å². The van der Waals surface area contributed by atoms with Gasteiger partial charge in [-0.25, -0.2) is 9.97 Å². The van der Waals surface area contributed by atoms with Crippen molar-refractivity contribution in [2.75, 3.05) is 0 Å². The van der Waals surface area contributed by atoms with E-state index in [1.54, 1.807) is 12.5 Å². The summed E-state index contributed by atoms with van der Waals surface area (Å²) >= 11 is 0. The summed E-state index contributed by atoms with van der Waals surface area (Å²) in [6.45, 7) is 4.19. The van der Waals surface area contributed by atoms with E-state index < -0.39 is 0 Å². The number of aryl methyl sites for hydroxylation is 2. The van der Waals surface area contributed by atoms with Crippen LogP contribution in [0.3, 0.4) is 0 Å². The van der Waals surface area contributed by atoms with E-state index >= 15 is 0 Å². The Balaban J connectivity index is 0.000000250. The molecule has 4 nitrogen and oxygen atoms in total. The number of hydrogen-bond donors (Lipinski definition) is 0. The van der Waals surface area contributed by atoms with E-state index in [0.29, 0.717) is 0 Å². The van der Waals surface area contributed by atoms with Gasteiger partial charge in [-0.2, -0.15) is 0 Å². The van der Waals surface area contributed by atoms with Gasteiger partial charge >= 0.3 is 0 Å². The third kappa shape index (κ3) is 7.60. The van der Waals surface area contributed by atoms with Crippen molar-refractivity contribution in [1.82, 2.24) is 19.9 Å². The Hall–Kier alpha value is -5.61. The summed E-state index contributed by atoms with van der Waals surface area (Å²) in [7, 11) is 0. The van der Waals surface area contributed by atoms with Crippen LogP contribution in [-0.2, 0) is 20.1 Å². The normalized spacial score (nSPS) is 10.5. The van der Waals surface area contributed by atoms with E-state index in [9.17, 15) is 0 Å². The minimum absolute atomic E-state index is 0. The average molecular weight is 809 g/mol. The summed E-state index contributed by atoms with van der Waals surface area (Å²) in [4.78, 5) is 17.9. The van der Waals surface area contributed by atoms with Crippen molar-refractivity contribution in [3.05, 3.63) is 182 Å². The molecule has 0 saturated carbocycles. The molecule has 49 heavy (non-hydrogen) atoms. The van der Waals surface area contributed by atoms with Gasteiger partial charge in [0.25, 0.3) is 0 Å². The first-order valence-electron chi connectivity index (χ1n) is 15.9. The summed E-state index contributed by atoms with van der Waals surface area (Å²) in [5, 5.41) is 1.03. The molecule has 0 N–H and O–H groups in total. The van der Waals surface area contributed by atoms with E-state index in [2.05, 4.69) is 114 Å². The second kappa shape index (κ2) is 15.5. The minimum atomic E-state index is 0. The van der Waals surface area contributed by atoms with Gasteiger partial charge in [0.05, 0.1) is 5.52 Å². The van der Waals surface area contributed by atoms with Crippen LogP contribution in [0.4, 0.5) is 0 Å². The molecule has 8 rings (SSSR count). The number of pyridine rings is 2. The number of fused-ring (bicyclic) bond motifs is 1. The summed E-state index contributed by atoms with van der Waals surface area (Å²) in [6, 6.07) is 52.0. The van der Waals surface area contributed by atoms with Gasteiger partial charge in [0.2, 0.25) is 0 Å². The Morgan fingerprint density at radius 2 is 1.24 bits per heavy atom. The van der Waals surface area contributed by atoms with E-state index in [-0.39, 0.29) is 20.1 Å². The van der Waals surface area contributed by atoms with Crippen molar-refractivity contribution >= 4 is 10.9 Å². The van der Waals surface area contributed by atoms with E-state index in [4.69, 9.17) is 4.98 Å². The molecule has 0 aliphatic carbocycles. The van der Waals surface area contributed by atoms with Gasteiger partial charge in [-0.3, -0.25) is 0 Å². The number of benzene rings is 5. The molecule has 0 spiro atoms. The summed E-state index contributed by atoms with van der Waals surface area (Å²) in [6.07, 6.45) is 7.17. The molecule has 0 unspecified atom stereocenters. The molecule has 0 amide bonds. The van der Waals surface area contributed by atoms with Crippen LogP contribution in [0.5, 0.6) is 0 Å². The molecule has 5 heteroatoms. The molecule has 239 valence electrons. The quantitative estimate of drug-likeness (QED) is 0.163. The first-order chi connectivity index (χ1) is 23.6. The van der Waals surface area contributed by atoms with Gasteiger partial charge in [-0.1, -0.05) is 95.6 Å². The molecule has 1 radical (unpaired) electrons. The Bertz CT molecular complexity index is 2310. The first kappa shape index (κ1) is 33.3. The van der Waals surface area contributed by atoms with Crippen molar-refractivity contribution in [3.63, 3.8) is 0 Å². The number of nitrogens with zero attached hydrogens (tertiary/aromatic N) is 4. The summed E-state index contributed by atoms with van der Waals surface area (Å²) in [5.74, 6) is 0. The number of aromatic nitrogens is 4. The summed E-state index contributed by atoms with van der Waals surface area (Å²) in [5.41, 5.74) is 14.1. The van der Waals surface area contributed by atoms with Crippen molar-refractivity contribution in [2.24, 2.45) is 0 Å². The molecule has 8 aromatic rings.